The van der Waals surface area contributed by atoms with E-state index in [1.807, 2.05) is 0 Å². The summed E-state index contributed by atoms with van der Waals surface area (Å²) in [5, 5.41) is 11.3. The van der Waals surface area contributed by atoms with E-state index in [4.69, 9.17) is 4.43 Å². The van der Waals surface area contributed by atoms with Crippen LogP contribution in [0.25, 0.3) is 0 Å². The third-order valence-electron chi connectivity index (χ3n) is 8.78. The SMILES string of the molecule is CC(C)(C)[Si](C)(C)O[C@H]1CC[C@H]2C3=C(CC[C@]12C)C(=O)C1=CC(=O)C=C[C@@]1(O)CC3. The zero-order chi connectivity index (χ0) is 22.1. The molecule has 4 aliphatic carbocycles. The highest BCUT2D eigenvalue weighted by Crippen LogP contribution is 2.59. The third kappa shape index (κ3) is 3.25. The van der Waals surface area contributed by atoms with Crippen molar-refractivity contribution in [2.45, 2.75) is 96.1 Å². The normalized spacial score (nSPS) is 36.8. The molecule has 0 aliphatic heterocycles. The number of fused-ring (bicyclic) bond motifs is 3. The van der Waals surface area contributed by atoms with Crippen LogP contribution in [0.3, 0.4) is 0 Å². The molecule has 0 spiro atoms. The van der Waals surface area contributed by atoms with Crippen LogP contribution < -0.4 is 0 Å². The summed E-state index contributed by atoms with van der Waals surface area (Å²) in [5.41, 5.74) is 1.08. The monoisotopic (exact) mass is 428 g/mol. The fraction of sp³-hybridized carbons (Fsp3) is 0.680. The molecule has 0 aromatic carbocycles. The van der Waals surface area contributed by atoms with Gasteiger partial charge in [-0.05, 0) is 91.8 Å². The Hall–Kier alpha value is -1.30. The summed E-state index contributed by atoms with van der Waals surface area (Å²) in [6, 6.07) is 0. The zero-order valence-corrected chi connectivity index (χ0v) is 20.3. The molecular formula is C25H36O4Si. The van der Waals surface area contributed by atoms with Gasteiger partial charge < -0.3 is 9.53 Å². The number of hydrogen-bond acceptors (Lipinski definition) is 4. The first-order chi connectivity index (χ1) is 13.8. The highest BCUT2D eigenvalue weighted by molar-refractivity contribution is 6.74. The maximum Gasteiger partial charge on any atom is 0.192 e. The van der Waals surface area contributed by atoms with Crippen molar-refractivity contribution in [2.24, 2.45) is 11.3 Å². The second kappa shape index (κ2) is 6.85. The predicted octanol–water partition coefficient (Wildman–Crippen LogP) is 5.04. The van der Waals surface area contributed by atoms with Crippen molar-refractivity contribution in [3.05, 3.63) is 34.9 Å². The number of rotatable bonds is 2. The number of aliphatic hydroxyl groups is 1. The van der Waals surface area contributed by atoms with Crippen LogP contribution in [0, 0.1) is 11.3 Å². The molecule has 1 saturated carbocycles. The lowest BCUT2D eigenvalue weighted by atomic mass is 9.65. The van der Waals surface area contributed by atoms with E-state index in [0.29, 0.717) is 25.2 Å². The standard InChI is InChI=1S/C25H36O4Si/c1-23(2,3)30(5,6)29-21-8-7-19-17-11-14-25(28)13-9-16(26)15-20(25)22(27)18(17)10-12-24(19,21)4/h9,13,15,19,21,28H,7-8,10-12,14H2,1-6H3/t19-,21-,24-,25+/m0/s1. The van der Waals surface area contributed by atoms with Crippen LogP contribution >= 0.6 is 0 Å². The van der Waals surface area contributed by atoms with E-state index in [2.05, 4.69) is 40.8 Å². The molecule has 5 heteroatoms. The van der Waals surface area contributed by atoms with E-state index >= 15 is 0 Å². The summed E-state index contributed by atoms with van der Waals surface area (Å²) < 4.78 is 6.92. The van der Waals surface area contributed by atoms with Crippen molar-refractivity contribution in [1.29, 1.82) is 0 Å². The molecule has 0 saturated heterocycles. The van der Waals surface area contributed by atoms with Gasteiger partial charge in [0.25, 0.3) is 0 Å². The van der Waals surface area contributed by atoms with Crippen LogP contribution in [0.1, 0.15) is 66.2 Å². The Morgan fingerprint density at radius 3 is 2.50 bits per heavy atom. The van der Waals surface area contributed by atoms with E-state index in [1.54, 1.807) is 0 Å². The van der Waals surface area contributed by atoms with E-state index < -0.39 is 13.9 Å². The number of carbonyl (C=O) groups is 2. The van der Waals surface area contributed by atoms with Crippen molar-refractivity contribution in [2.75, 3.05) is 0 Å². The third-order valence-corrected chi connectivity index (χ3v) is 13.3. The highest BCUT2D eigenvalue weighted by atomic mass is 28.4. The number of hydrogen-bond donors (Lipinski definition) is 1. The molecule has 0 aromatic rings. The molecule has 1 fully saturated rings. The molecule has 0 heterocycles. The number of Topliss-reactive ketones (excluding diaryl/α,β-unsaturated/α-hetero) is 1. The number of carbonyl (C=O) groups excluding carboxylic acids is 2. The Morgan fingerprint density at radius 2 is 1.83 bits per heavy atom. The van der Waals surface area contributed by atoms with Crippen LogP contribution in [0.2, 0.25) is 18.1 Å². The van der Waals surface area contributed by atoms with E-state index in [-0.39, 0.29) is 33.7 Å². The molecule has 0 amide bonds. The van der Waals surface area contributed by atoms with Gasteiger partial charge in [0.1, 0.15) is 5.60 Å². The van der Waals surface area contributed by atoms with Gasteiger partial charge in [-0.3, -0.25) is 9.59 Å². The predicted molar refractivity (Wildman–Crippen MR) is 121 cm³/mol. The summed E-state index contributed by atoms with van der Waals surface area (Å²) in [6.45, 7) is 13.8. The summed E-state index contributed by atoms with van der Waals surface area (Å²) in [6.07, 6.45) is 9.38. The minimum absolute atomic E-state index is 0.0345. The average Bonchev–Trinajstić information content (AvgIpc) is 2.91. The molecule has 0 unspecified atom stereocenters. The van der Waals surface area contributed by atoms with Crippen LogP contribution in [0.5, 0.6) is 0 Å². The van der Waals surface area contributed by atoms with Gasteiger partial charge >= 0.3 is 0 Å². The topological polar surface area (TPSA) is 63.6 Å². The molecule has 0 bridgehead atoms. The van der Waals surface area contributed by atoms with Gasteiger partial charge in [0.2, 0.25) is 0 Å². The van der Waals surface area contributed by atoms with Crippen molar-refractivity contribution >= 4 is 19.9 Å². The zero-order valence-electron chi connectivity index (χ0n) is 19.3. The highest BCUT2D eigenvalue weighted by Gasteiger charge is 2.55. The Kier molecular flexibility index (Phi) is 5.00. The quantitative estimate of drug-likeness (QED) is 0.626. The molecule has 4 atom stereocenters. The summed E-state index contributed by atoms with van der Waals surface area (Å²) >= 11 is 0. The molecule has 1 N–H and O–H groups in total. The van der Waals surface area contributed by atoms with Crippen molar-refractivity contribution in [3.63, 3.8) is 0 Å². The molecule has 164 valence electrons. The van der Waals surface area contributed by atoms with Crippen LogP contribution in [-0.4, -0.2) is 36.7 Å². The fourth-order valence-electron chi connectivity index (χ4n) is 5.78. The van der Waals surface area contributed by atoms with Gasteiger partial charge in [0.15, 0.2) is 19.9 Å². The summed E-state index contributed by atoms with van der Waals surface area (Å²) in [4.78, 5) is 25.3. The second-order valence-corrected chi connectivity index (χ2v) is 16.3. The lowest BCUT2D eigenvalue weighted by Crippen LogP contribution is -2.48. The Bertz CT molecular complexity index is 887. The molecule has 4 aliphatic rings. The van der Waals surface area contributed by atoms with E-state index in [0.717, 1.165) is 24.8 Å². The molecular weight excluding hydrogens is 392 g/mol. The maximum absolute atomic E-state index is 13.4. The van der Waals surface area contributed by atoms with Gasteiger partial charge in [-0.15, -0.1) is 0 Å². The van der Waals surface area contributed by atoms with Crippen molar-refractivity contribution in [1.82, 2.24) is 0 Å². The largest absolute Gasteiger partial charge is 0.413 e. The van der Waals surface area contributed by atoms with Crippen molar-refractivity contribution < 1.29 is 19.1 Å². The minimum Gasteiger partial charge on any atom is -0.413 e. The van der Waals surface area contributed by atoms with Crippen molar-refractivity contribution in [3.8, 4) is 0 Å². The Morgan fingerprint density at radius 1 is 1.13 bits per heavy atom. The summed E-state index contributed by atoms with van der Waals surface area (Å²) in [5.74, 6) is -0.000981. The average molecular weight is 429 g/mol. The van der Waals surface area contributed by atoms with Gasteiger partial charge in [-0.2, -0.15) is 0 Å². The minimum atomic E-state index is -1.88. The fourth-order valence-corrected chi connectivity index (χ4v) is 7.23. The van der Waals surface area contributed by atoms with Gasteiger partial charge in [0, 0.05) is 5.57 Å². The van der Waals surface area contributed by atoms with Gasteiger partial charge in [-0.25, -0.2) is 0 Å². The van der Waals surface area contributed by atoms with Crippen LogP contribution in [-0.2, 0) is 14.0 Å². The molecule has 4 nitrogen and oxygen atoms in total. The first-order valence-electron chi connectivity index (χ1n) is 11.4. The lowest BCUT2D eigenvalue weighted by Gasteiger charge is -2.47. The first-order valence-corrected chi connectivity index (χ1v) is 14.3. The smallest absolute Gasteiger partial charge is 0.192 e. The van der Waals surface area contributed by atoms with Crippen LogP contribution in [0.15, 0.2) is 34.9 Å². The van der Waals surface area contributed by atoms with Gasteiger partial charge in [0.05, 0.1) is 6.10 Å². The van der Waals surface area contributed by atoms with E-state index in [1.165, 1.54) is 23.8 Å². The number of allylic oxidation sites excluding steroid dienone is 4. The summed E-state index contributed by atoms with van der Waals surface area (Å²) in [7, 11) is -1.88. The first kappa shape index (κ1) is 21.9. The van der Waals surface area contributed by atoms with Crippen LogP contribution in [0.4, 0.5) is 0 Å². The molecule has 4 rings (SSSR count). The molecule has 0 aromatic heterocycles. The maximum atomic E-state index is 13.4. The van der Waals surface area contributed by atoms with Gasteiger partial charge in [-0.1, -0.05) is 33.3 Å². The molecule has 30 heavy (non-hydrogen) atoms. The Balaban J connectivity index is 1.67. The lowest BCUT2D eigenvalue weighted by molar-refractivity contribution is -0.116. The van der Waals surface area contributed by atoms with E-state index in [9.17, 15) is 14.7 Å². The second-order valence-electron chi connectivity index (χ2n) is 11.6. The number of ketones is 2. The molecule has 0 radical (unpaired) electrons. The Labute approximate surface area is 181 Å².